The van der Waals surface area contributed by atoms with Crippen LogP contribution in [-0.4, -0.2) is 9.46 Å². The standard InChI is InChI=1S/C18H20OS/c1-3-13(2)10-17-9-8-16-11-14-6-4-5-7-15(14)12-18(16)20(17)19/h4-9,11-13,17H,3,10H2,1-2H3. The summed E-state index contributed by atoms with van der Waals surface area (Å²) in [5.74, 6) is 0.621. The predicted molar refractivity (Wildman–Crippen MR) is 87.3 cm³/mol. The summed E-state index contributed by atoms with van der Waals surface area (Å²) in [4.78, 5) is 1.000. The van der Waals surface area contributed by atoms with Crippen molar-refractivity contribution in [2.75, 3.05) is 0 Å². The summed E-state index contributed by atoms with van der Waals surface area (Å²) in [6.45, 7) is 4.43. The quantitative estimate of drug-likeness (QED) is 0.792. The Morgan fingerprint density at radius 2 is 1.90 bits per heavy atom. The second-order valence-electron chi connectivity index (χ2n) is 5.68. The fraction of sp³-hybridized carbons (Fsp3) is 0.333. The van der Waals surface area contributed by atoms with Crippen LogP contribution >= 0.6 is 0 Å². The van der Waals surface area contributed by atoms with Gasteiger partial charge in [0.1, 0.15) is 0 Å². The monoisotopic (exact) mass is 284 g/mol. The molecule has 1 nitrogen and oxygen atoms in total. The third-order valence-corrected chi connectivity index (χ3v) is 5.88. The van der Waals surface area contributed by atoms with Gasteiger partial charge in [-0.3, -0.25) is 4.21 Å². The summed E-state index contributed by atoms with van der Waals surface area (Å²) in [6.07, 6.45) is 6.44. The first-order valence-corrected chi connectivity index (χ1v) is 8.52. The van der Waals surface area contributed by atoms with Crippen molar-refractivity contribution >= 4 is 27.6 Å². The lowest BCUT2D eigenvalue weighted by atomic mass is 10.0. The molecule has 0 bridgehead atoms. The van der Waals surface area contributed by atoms with Crippen molar-refractivity contribution < 1.29 is 4.21 Å². The molecule has 2 aromatic rings. The molecule has 1 aliphatic rings. The van der Waals surface area contributed by atoms with Crippen LogP contribution < -0.4 is 0 Å². The van der Waals surface area contributed by atoms with Crippen LogP contribution in [0.4, 0.5) is 0 Å². The summed E-state index contributed by atoms with van der Waals surface area (Å²) in [5, 5.41) is 2.56. The molecule has 2 heteroatoms. The minimum Gasteiger partial charge on any atom is -0.254 e. The molecule has 0 spiro atoms. The highest BCUT2D eigenvalue weighted by atomic mass is 32.2. The molecule has 0 radical (unpaired) electrons. The first kappa shape index (κ1) is 13.6. The van der Waals surface area contributed by atoms with E-state index in [4.69, 9.17) is 0 Å². The molecule has 0 saturated heterocycles. The molecule has 1 aliphatic heterocycles. The Morgan fingerprint density at radius 3 is 2.60 bits per heavy atom. The van der Waals surface area contributed by atoms with E-state index in [1.807, 2.05) is 12.1 Å². The molecule has 1 heterocycles. The van der Waals surface area contributed by atoms with E-state index in [1.165, 1.54) is 10.8 Å². The lowest BCUT2D eigenvalue weighted by molar-refractivity contribution is 0.521. The normalized spacial score (nSPS) is 22.7. The van der Waals surface area contributed by atoms with Gasteiger partial charge in [0.15, 0.2) is 0 Å². The molecular weight excluding hydrogens is 264 g/mol. The van der Waals surface area contributed by atoms with Crippen LogP contribution in [0.1, 0.15) is 32.3 Å². The van der Waals surface area contributed by atoms with E-state index >= 15 is 0 Å². The minimum absolute atomic E-state index is 0.165. The van der Waals surface area contributed by atoms with Crippen molar-refractivity contribution in [1.29, 1.82) is 0 Å². The fourth-order valence-corrected chi connectivity index (χ4v) is 4.37. The fourth-order valence-electron chi connectivity index (χ4n) is 2.72. The summed E-state index contributed by atoms with van der Waals surface area (Å²) in [5.41, 5.74) is 1.11. The number of hydrogen-bond donors (Lipinski definition) is 0. The van der Waals surface area contributed by atoms with Crippen LogP contribution in [-0.2, 0) is 10.8 Å². The van der Waals surface area contributed by atoms with Crippen molar-refractivity contribution in [1.82, 2.24) is 0 Å². The van der Waals surface area contributed by atoms with Crippen molar-refractivity contribution in [2.24, 2.45) is 5.92 Å². The Kier molecular flexibility index (Phi) is 3.75. The van der Waals surface area contributed by atoms with E-state index in [0.29, 0.717) is 5.92 Å². The largest absolute Gasteiger partial charge is 0.254 e. The molecule has 3 unspecified atom stereocenters. The second kappa shape index (κ2) is 5.53. The highest BCUT2D eigenvalue weighted by Gasteiger charge is 2.23. The molecule has 0 amide bonds. The van der Waals surface area contributed by atoms with Gasteiger partial charge >= 0.3 is 0 Å². The van der Waals surface area contributed by atoms with Gasteiger partial charge in [-0.15, -0.1) is 0 Å². The van der Waals surface area contributed by atoms with Gasteiger partial charge in [0.05, 0.1) is 16.0 Å². The Bertz CT molecular complexity index is 687. The maximum Gasteiger partial charge on any atom is 0.0605 e. The topological polar surface area (TPSA) is 17.1 Å². The third-order valence-electron chi connectivity index (χ3n) is 4.19. The maximum atomic E-state index is 12.8. The minimum atomic E-state index is -0.918. The van der Waals surface area contributed by atoms with Crippen molar-refractivity contribution in [2.45, 2.75) is 36.8 Å². The number of rotatable bonds is 3. The molecule has 0 saturated carbocycles. The van der Waals surface area contributed by atoms with E-state index < -0.39 is 10.8 Å². The van der Waals surface area contributed by atoms with Crippen molar-refractivity contribution in [3.05, 3.63) is 48.0 Å². The third kappa shape index (κ3) is 2.45. The Hall–Kier alpha value is -1.41. The molecule has 20 heavy (non-hydrogen) atoms. The van der Waals surface area contributed by atoms with Crippen LogP contribution in [0.25, 0.3) is 16.8 Å². The van der Waals surface area contributed by atoms with E-state index in [1.54, 1.807) is 0 Å². The molecule has 0 fully saturated rings. The van der Waals surface area contributed by atoms with Crippen molar-refractivity contribution in [3.63, 3.8) is 0 Å². The van der Waals surface area contributed by atoms with Gasteiger partial charge in [0.2, 0.25) is 0 Å². The van der Waals surface area contributed by atoms with Gasteiger partial charge < -0.3 is 0 Å². The lowest BCUT2D eigenvalue weighted by Crippen LogP contribution is -2.19. The maximum absolute atomic E-state index is 12.8. The van der Waals surface area contributed by atoms with Gasteiger partial charge in [-0.25, -0.2) is 0 Å². The SMILES string of the molecule is CCC(C)CC1C=Cc2cc3ccccc3cc2S1=O. The highest BCUT2D eigenvalue weighted by Crippen LogP contribution is 2.31. The smallest absolute Gasteiger partial charge is 0.0605 e. The zero-order valence-electron chi connectivity index (χ0n) is 12.0. The van der Waals surface area contributed by atoms with Gasteiger partial charge in [0, 0.05) is 4.90 Å². The summed E-state index contributed by atoms with van der Waals surface area (Å²) < 4.78 is 12.8. The van der Waals surface area contributed by atoms with Crippen LogP contribution in [0.5, 0.6) is 0 Å². The van der Waals surface area contributed by atoms with Gasteiger partial charge in [0.25, 0.3) is 0 Å². The first-order valence-electron chi connectivity index (χ1n) is 7.30. The van der Waals surface area contributed by atoms with E-state index in [9.17, 15) is 4.21 Å². The molecule has 0 aromatic heterocycles. The molecular formula is C18H20OS. The zero-order chi connectivity index (χ0) is 14.1. The predicted octanol–water partition coefficient (Wildman–Crippen LogP) is 4.78. The Balaban J connectivity index is 2.00. The number of benzene rings is 2. The second-order valence-corrected chi connectivity index (χ2v) is 7.32. The summed E-state index contributed by atoms with van der Waals surface area (Å²) in [6, 6.07) is 12.5. The van der Waals surface area contributed by atoms with Crippen LogP contribution in [0.2, 0.25) is 0 Å². The molecule has 0 aliphatic carbocycles. The van der Waals surface area contributed by atoms with Crippen LogP contribution in [0.3, 0.4) is 0 Å². The average molecular weight is 284 g/mol. The van der Waals surface area contributed by atoms with Crippen molar-refractivity contribution in [3.8, 4) is 0 Å². The zero-order valence-corrected chi connectivity index (χ0v) is 12.8. The van der Waals surface area contributed by atoms with E-state index in [-0.39, 0.29) is 5.25 Å². The van der Waals surface area contributed by atoms with Crippen LogP contribution in [0.15, 0.2) is 47.4 Å². The molecule has 3 rings (SSSR count). The van der Waals surface area contributed by atoms with Gasteiger partial charge in [-0.2, -0.15) is 0 Å². The van der Waals surface area contributed by atoms with E-state index in [2.05, 4.69) is 50.3 Å². The Labute approximate surface area is 123 Å². The average Bonchev–Trinajstić information content (AvgIpc) is 2.48. The molecule has 3 atom stereocenters. The molecule has 2 aromatic carbocycles. The number of fused-ring (bicyclic) bond motifs is 2. The first-order chi connectivity index (χ1) is 9.69. The number of hydrogen-bond acceptors (Lipinski definition) is 1. The molecule has 104 valence electrons. The molecule has 0 N–H and O–H groups in total. The Morgan fingerprint density at radius 1 is 1.20 bits per heavy atom. The van der Waals surface area contributed by atoms with Crippen LogP contribution in [0, 0.1) is 5.92 Å². The lowest BCUT2D eigenvalue weighted by Gasteiger charge is -2.22. The van der Waals surface area contributed by atoms with Gasteiger partial charge in [-0.1, -0.05) is 56.7 Å². The summed E-state index contributed by atoms with van der Waals surface area (Å²) in [7, 11) is -0.918. The van der Waals surface area contributed by atoms with E-state index in [0.717, 1.165) is 23.3 Å². The highest BCUT2D eigenvalue weighted by molar-refractivity contribution is 7.86. The summed E-state index contributed by atoms with van der Waals surface area (Å²) >= 11 is 0. The van der Waals surface area contributed by atoms with Gasteiger partial charge in [-0.05, 0) is 40.8 Å².